The Morgan fingerprint density at radius 2 is 0.862 bits per heavy atom. The van der Waals surface area contributed by atoms with Gasteiger partial charge in [-0.15, -0.1) is 0 Å². The number of aromatic amines is 1. The Morgan fingerprint density at radius 3 is 1.22 bits per heavy atom. The van der Waals surface area contributed by atoms with Gasteiger partial charge >= 0.3 is 0 Å². The molecule has 5 aromatic rings. The normalized spacial score (nSPS) is 9.21. The number of amides is 4. The number of rotatable bonds is 7. The minimum atomic E-state index is -0.256. The molecule has 0 fully saturated rings. The molecule has 1 aromatic carbocycles. The van der Waals surface area contributed by atoms with Crippen molar-refractivity contribution in [3.63, 3.8) is 0 Å². The average molecular weight is 904 g/mol. The van der Waals surface area contributed by atoms with Gasteiger partial charge in [0.2, 0.25) is 11.4 Å². The van der Waals surface area contributed by atoms with Crippen molar-refractivity contribution in [3.8, 4) is 5.88 Å². The third-order valence-electron chi connectivity index (χ3n) is 7.26. The first kappa shape index (κ1) is 55.2. The molecule has 0 saturated carbocycles. The molecule has 4 amide bonds. The van der Waals surface area contributed by atoms with Crippen LogP contribution in [0.2, 0.25) is 0 Å². The van der Waals surface area contributed by atoms with Gasteiger partial charge in [-0.2, -0.15) is 0 Å². The zero-order valence-electron chi connectivity index (χ0n) is 34.3. The van der Waals surface area contributed by atoms with Crippen LogP contribution in [-0.4, -0.2) is 71.8 Å². The maximum absolute atomic E-state index is 11.6. The molecule has 5 N–H and O–H groups in total. The smallest absolute Gasteiger partial charge is 0.251 e. The molecule has 58 heavy (non-hydrogen) atoms. The Bertz CT molecular complexity index is 2050. The summed E-state index contributed by atoms with van der Waals surface area (Å²) in [5.74, 6) is -0.0612. The van der Waals surface area contributed by atoms with Gasteiger partial charge in [0.25, 0.3) is 23.6 Å². The number of benzene rings is 1. The van der Waals surface area contributed by atoms with Crippen LogP contribution in [0.5, 0.6) is 5.88 Å². The van der Waals surface area contributed by atoms with Crippen LogP contribution in [0.4, 0.5) is 0 Å². The van der Waals surface area contributed by atoms with E-state index in [0.29, 0.717) is 40.4 Å². The molecule has 5 rings (SSSR count). The predicted molar refractivity (Wildman–Crippen MR) is 213 cm³/mol. The van der Waals surface area contributed by atoms with E-state index in [0.717, 1.165) is 34.0 Å². The summed E-state index contributed by atoms with van der Waals surface area (Å²) in [4.78, 5) is 71.1. The number of pyridine rings is 4. The summed E-state index contributed by atoms with van der Waals surface area (Å²) in [5, 5.41) is 10.2. The van der Waals surface area contributed by atoms with Crippen LogP contribution in [-0.2, 0) is 62.3 Å². The summed E-state index contributed by atoms with van der Waals surface area (Å²) in [6.07, 6.45) is 0. The SMILES string of the molecule is CNC(=O)c1cc(C)[nH]c(=O)c1.CNC(=O)c1cc(C)nc(C)c1.CNC(=O)c1cc(C)nc(C)c1.CNC(=O)c1cc(C)nc(OCc2ccccc2)c1.[V].[V].[V]. The Hall–Kier alpha value is -4.95. The van der Waals surface area contributed by atoms with E-state index in [4.69, 9.17) is 4.74 Å². The molecule has 14 nitrogen and oxygen atoms in total. The molecular formula is C41H50N8O6V3. The van der Waals surface area contributed by atoms with Crippen LogP contribution in [0.25, 0.3) is 0 Å². The van der Waals surface area contributed by atoms with E-state index in [1.165, 1.54) is 13.1 Å². The van der Waals surface area contributed by atoms with Crippen molar-refractivity contribution in [2.75, 3.05) is 28.2 Å². The largest absolute Gasteiger partial charge is 0.473 e. The zero-order chi connectivity index (χ0) is 41.1. The Kier molecular flexibility index (Phi) is 27.1. The number of aromatic nitrogens is 4. The predicted octanol–water partition coefficient (Wildman–Crippen LogP) is 4.48. The second kappa shape index (κ2) is 28.5. The molecule has 0 bridgehead atoms. The van der Waals surface area contributed by atoms with Crippen molar-refractivity contribution in [2.24, 2.45) is 0 Å². The van der Waals surface area contributed by atoms with Gasteiger partial charge in [0.05, 0.1) is 0 Å². The number of hydrogen-bond donors (Lipinski definition) is 5. The number of ether oxygens (including phenoxy) is 1. The molecule has 0 spiro atoms. The van der Waals surface area contributed by atoms with E-state index in [2.05, 4.69) is 41.2 Å². The van der Waals surface area contributed by atoms with Gasteiger partial charge in [-0.3, -0.25) is 33.9 Å². The minimum absolute atomic E-state index is 0. The second-order valence-electron chi connectivity index (χ2n) is 12.1. The van der Waals surface area contributed by atoms with E-state index >= 15 is 0 Å². The third-order valence-corrected chi connectivity index (χ3v) is 7.26. The van der Waals surface area contributed by atoms with E-state index in [1.54, 1.807) is 70.5 Å². The molecule has 17 heteroatoms. The van der Waals surface area contributed by atoms with Crippen LogP contribution in [0.15, 0.2) is 83.7 Å². The number of H-pyrrole nitrogens is 1. The van der Waals surface area contributed by atoms with E-state index in [-0.39, 0.29) is 84.9 Å². The molecule has 0 aliphatic carbocycles. The molecule has 4 heterocycles. The zero-order valence-corrected chi connectivity index (χ0v) is 38.5. The van der Waals surface area contributed by atoms with E-state index in [9.17, 15) is 24.0 Å². The Morgan fingerprint density at radius 1 is 0.517 bits per heavy atom. The monoisotopic (exact) mass is 903 g/mol. The number of carbonyl (C=O) groups is 4. The molecule has 0 aliphatic heterocycles. The summed E-state index contributed by atoms with van der Waals surface area (Å²) in [7, 11) is 6.36. The van der Waals surface area contributed by atoms with Crippen molar-refractivity contribution in [3.05, 3.63) is 151 Å². The number of aryl methyl sites for hydroxylation is 6. The maximum Gasteiger partial charge on any atom is 0.251 e. The topological polar surface area (TPSA) is 197 Å². The Labute approximate surface area is 375 Å². The van der Waals surface area contributed by atoms with Crippen LogP contribution in [0.1, 0.15) is 81.2 Å². The number of carbonyl (C=O) groups excluding carboxylic acids is 4. The summed E-state index contributed by atoms with van der Waals surface area (Å²) >= 11 is 0. The van der Waals surface area contributed by atoms with Crippen LogP contribution >= 0.6 is 0 Å². The molecule has 0 aliphatic rings. The summed E-state index contributed by atoms with van der Waals surface area (Å²) in [6.45, 7) is 11.5. The van der Waals surface area contributed by atoms with Crippen LogP contribution < -0.4 is 31.6 Å². The van der Waals surface area contributed by atoms with Crippen molar-refractivity contribution in [1.82, 2.24) is 41.2 Å². The molecule has 0 unspecified atom stereocenters. The number of nitrogens with one attached hydrogen (secondary N) is 5. The summed E-state index contributed by atoms with van der Waals surface area (Å²) < 4.78 is 5.62. The standard InChI is InChI=1S/C15H16N2O2.2C9H12N2O.C8H10N2O2.3V/c1-11-8-13(15(18)16-2)9-14(17-11)19-10-12-6-4-3-5-7-12;2*1-6-4-8(9(12)10-3)5-7(2)11-6;1-5-3-6(8(12)9-2)4-7(11)10-5;;;/h3-9H,10H2,1-2H3,(H,16,18);2*4-5H,1-3H3,(H,10,12);3-4H,1-2H3,(H,9,12)(H,10,11);;;. The first-order chi connectivity index (χ1) is 26.1. The third kappa shape index (κ3) is 20.0. The first-order valence-electron chi connectivity index (χ1n) is 17.2. The van der Waals surface area contributed by atoms with Gasteiger partial charge in [0.15, 0.2) is 0 Å². The summed E-state index contributed by atoms with van der Waals surface area (Å²) in [6, 6.07) is 23.2. The van der Waals surface area contributed by atoms with E-state index < -0.39 is 0 Å². The fourth-order valence-electron chi connectivity index (χ4n) is 4.90. The van der Waals surface area contributed by atoms with Gasteiger partial charge in [0, 0.05) is 152 Å². The number of nitrogens with zero attached hydrogens (tertiary/aromatic N) is 3. The molecule has 0 atom stereocenters. The molecule has 0 saturated heterocycles. The van der Waals surface area contributed by atoms with Crippen LogP contribution in [0.3, 0.4) is 0 Å². The van der Waals surface area contributed by atoms with E-state index in [1.807, 2.05) is 65.0 Å². The fourth-order valence-corrected chi connectivity index (χ4v) is 4.90. The van der Waals surface area contributed by atoms with Gasteiger partial charge in [0.1, 0.15) is 6.61 Å². The van der Waals surface area contributed by atoms with Gasteiger partial charge < -0.3 is 31.0 Å². The minimum Gasteiger partial charge on any atom is -0.473 e. The maximum atomic E-state index is 11.6. The fraction of sp³-hybridized carbons (Fsp3) is 0.268. The van der Waals surface area contributed by atoms with Crippen molar-refractivity contribution in [2.45, 2.75) is 48.1 Å². The van der Waals surface area contributed by atoms with Gasteiger partial charge in [-0.05, 0) is 83.5 Å². The van der Waals surface area contributed by atoms with Gasteiger partial charge in [-0.1, -0.05) is 30.3 Å². The van der Waals surface area contributed by atoms with Gasteiger partial charge in [-0.25, -0.2) is 4.98 Å². The van der Waals surface area contributed by atoms with Crippen molar-refractivity contribution in [1.29, 1.82) is 0 Å². The first-order valence-corrected chi connectivity index (χ1v) is 17.2. The Balaban J connectivity index is 0. The molecule has 305 valence electrons. The quantitative estimate of drug-likeness (QED) is 0.157. The van der Waals surface area contributed by atoms with Crippen molar-refractivity contribution >= 4 is 23.6 Å². The van der Waals surface area contributed by atoms with Crippen LogP contribution in [0, 0.1) is 41.5 Å². The second-order valence-corrected chi connectivity index (χ2v) is 12.1. The molecule has 3 radical (unpaired) electrons. The average Bonchev–Trinajstić information content (AvgIpc) is 3.15. The number of hydrogen-bond acceptors (Lipinski definition) is 9. The summed E-state index contributed by atoms with van der Waals surface area (Å²) in [5.41, 5.74) is 8.00. The molecular weight excluding hydrogens is 853 g/mol. The van der Waals surface area contributed by atoms with Crippen molar-refractivity contribution < 1.29 is 79.6 Å². The molecule has 4 aromatic heterocycles.